The van der Waals surface area contributed by atoms with Gasteiger partial charge in [-0.1, -0.05) is 24.3 Å². The highest BCUT2D eigenvalue weighted by Gasteiger charge is 2.56. The van der Waals surface area contributed by atoms with Crippen molar-refractivity contribution in [2.45, 2.75) is 36.0 Å². The van der Waals surface area contributed by atoms with Gasteiger partial charge in [0.05, 0.1) is 11.5 Å². The lowest BCUT2D eigenvalue weighted by atomic mass is 9.75. The van der Waals surface area contributed by atoms with Crippen LogP contribution in [0.5, 0.6) is 5.75 Å². The van der Waals surface area contributed by atoms with Gasteiger partial charge in [-0.05, 0) is 78.4 Å². The number of halogens is 2. The zero-order valence-corrected chi connectivity index (χ0v) is 23.1. The van der Waals surface area contributed by atoms with Crippen LogP contribution >= 0.6 is 0 Å². The Morgan fingerprint density at radius 3 is 1.95 bits per heavy atom. The molecule has 1 atom stereocenters. The number of rotatable bonds is 9. The predicted molar refractivity (Wildman–Crippen MR) is 144 cm³/mol. The Morgan fingerprint density at radius 1 is 0.902 bits per heavy atom. The molecule has 3 aromatic carbocycles. The number of hydrogen-bond donors (Lipinski definition) is 0. The van der Waals surface area contributed by atoms with Crippen molar-refractivity contribution < 1.29 is 41.0 Å². The molecule has 11 heteroatoms. The maximum Gasteiger partial charge on any atom is 0.421 e. The molecule has 2 heterocycles. The average molecular weight is 586 g/mol. The van der Waals surface area contributed by atoms with Gasteiger partial charge in [0.2, 0.25) is 0 Å². The Balaban J connectivity index is 1.31. The van der Waals surface area contributed by atoms with Crippen molar-refractivity contribution in [1.82, 2.24) is 4.90 Å². The van der Waals surface area contributed by atoms with E-state index in [0.717, 1.165) is 17.4 Å². The van der Waals surface area contributed by atoms with Gasteiger partial charge >= 0.3 is 17.8 Å². The Bertz CT molecular complexity index is 1450. The van der Waals surface area contributed by atoms with Crippen molar-refractivity contribution in [2.75, 3.05) is 26.0 Å². The third-order valence-electron chi connectivity index (χ3n) is 7.47. The third kappa shape index (κ3) is 6.41. The molecule has 0 bridgehead atoms. The van der Waals surface area contributed by atoms with E-state index >= 15 is 0 Å². The average Bonchev–Trinajstić information content (AvgIpc) is 3.22. The maximum absolute atomic E-state index is 13.7. The quantitative estimate of drug-likeness (QED) is 0.207. The number of esters is 2. The molecule has 2 aliphatic heterocycles. The highest BCUT2D eigenvalue weighted by atomic mass is 32.2. The van der Waals surface area contributed by atoms with Crippen LogP contribution in [0.2, 0.25) is 0 Å². The Hall–Kier alpha value is -3.83. The van der Waals surface area contributed by atoms with Gasteiger partial charge in [-0.3, -0.25) is 0 Å². The van der Waals surface area contributed by atoms with Crippen molar-refractivity contribution in [3.05, 3.63) is 95.6 Å². The van der Waals surface area contributed by atoms with Gasteiger partial charge in [0.15, 0.2) is 9.84 Å². The number of ether oxygens (including phenoxy) is 3. The van der Waals surface area contributed by atoms with Crippen LogP contribution in [0.25, 0.3) is 0 Å². The summed E-state index contributed by atoms with van der Waals surface area (Å²) in [6.07, 6.45) is 2.42. The number of hydrogen-bond acceptors (Lipinski definition) is 8. The minimum Gasteiger partial charge on any atom is -0.494 e. The summed E-state index contributed by atoms with van der Waals surface area (Å²) in [5.74, 6) is -4.50. The Labute approximate surface area is 236 Å². The number of benzene rings is 3. The van der Waals surface area contributed by atoms with Crippen molar-refractivity contribution in [2.24, 2.45) is 5.92 Å². The van der Waals surface area contributed by atoms with Crippen molar-refractivity contribution in [3.63, 3.8) is 0 Å². The van der Waals surface area contributed by atoms with Crippen LogP contribution in [0.15, 0.2) is 77.7 Å². The normalized spacial score (nSPS) is 18.9. The molecule has 0 saturated carbocycles. The third-order valence-corrected chi connectivity index (χ3v) is 8.59. The van der Waals surface area contributed by atoms with E-state index < -0.39 is 27.7 Å². The molecule has 0 aliphatic carbocycles. The largest absolute Gasteiger partial charge is 0.494 e. The molecule has 2 fully saturated rings. The van der Waals surface area contributed by atoms with E-state index in [9.17, 15) is 26.8 Å². The zero-order chi connectivity index (χ0) is 29.2. The highest BCUT2D eigenvalue weighted by Crippen LogP contribution is 2.45. The number of carbonyl (C=O) groups is 2. The summed E-state index contributed by atoms with van der Waals surface area (Å²) in [6, 6.07) is 18.3. The molecule has 0 radical (unpaired) electrons. The fourth-order valence-corrected chi connectivity index (χ4v) is 6.16. The summed E-state index contributed by atoms with van der Waals surface area (Å²) in [5.41, 5.74) is 1.61. The number of carbonyl (C=O) groups excluding carboxylic acids is 2. The molecule has 1 unspecified atom stereocenters. The zero-order valence-electron chi connectivity index (χ0n) is 22.3. The van der Waals surface area contributed by atoms with Crippen LogP contribution in [0.3, 0.4) is 0 Å². The van der Waals surface area contributed by atoms with E-state index in [1.807, 2.05) is 0 Å². The van der Waals surface area contributed by atoms with E-state index in [2.05, 4.69) is 0 Å². The minimum absolute atomic E-state index is 0.164. The Kier molecular flexibility index (Phi) is 8.10. The van der Waals surface area contributed by atoms with Crippen LogP contribution in [-0.2, 0) is 28.9 Å². The van der Waals surface area contributed by atoms with E-state index in [0.29, 0.717) is 31.7 Å². The lowest BCUT2D eigenvalue weighted by molar-refractivity contribution is -0.272. The van der Waals surface area contributed by atoms with E-state index in [-0.39, 0.29) is 41.4 Å². The first-order chi connectivity index (χ1) is 19.5. The molecule has 41 heavy (non-hydrogen) atoms. The Morgan fingerprint density at radius 2 is 1.44 bits per heavy atom. The minimum atomic E-state index is -3.31. The second-order valence-electron chi connectivity index (χ2n) is 10.3. The van der Waals surface area contributed by atoms with Crippen LogP contribution in [-0.4, -0.2) is 57.1 Å². The van der Waals surface area contributed by atoms with Crippen molar-refractivity contribution in [1.29, 1.82) is 0 Å². The van der Waals surface area contributed by atoms with Gasteiger partial charge < -0.3 is 14.2 Å². The molecule has 0 N–H and O–H groups in total. The van der Waals surface area contributed by atoms with E-state index in [1.54, 1.807) is 41.3 Å². The van der Waals surface area contributed by atoms with Gasteiger partial charge in [0, 0.05) is 31.7 Å². The number of piperidine rings is 1. The first-order valence-corrected chi connectivity index (χ1v) is 15.1. The molecule has 216 valence electrons. The molecule has 0 amide bonds. The monoisotopic (exact) mass is 585 g/mol. The standard InChI is InChI=1S/C30H29F2NO7S/c1-41(36,37)26-13-11-25(12-14-26)38-18-2-16-33-17-15-22(19-30(33)39-28(34)29(35)40-30)27(20-3-7-23(31)8-4-20)21-5-9-24(32)10-6-21/h3-14,22,27H,2,15-19H2,1H3. The van der Waals surface area contributed by atoms with Gasteiger partial charge in [-0.25, -0.2) is 31.7 Å². The highest BCUT2D eigenvalue weighted by molar-refractivity contribution is 7.90. The molecule has 8 nitrogen and oxygen atoms in total. The molecule has 2 saturated heterocycles. The van der Waals surface area contributed by atoms with Gasteiger partial charge in [0.25, 0.3) is 0 Å². The lowest BCUT2D eigenvalue weighted by Gasteiger charge is -2.45. The first kappa shape index (κ1) is 28.7. The van der Waals surface area contributed by atoms with E-state index in [1.165, 1.54) is 36.4 Å². The molecular weight excluding hydrogens is 556 g/mol. The summed E-state index contributed by atoms with van der Waals surface area (Å²) in [4.78, 5) is 26.4. The molecule has 5 rings (SSSR count). The second kappa shape index (κ2) is 11.6. The number of likely N-dealkylation sites (tertiary alicyclic amines) is 1. The molecule has 3 aromatic rings. The van der Waals surface area contributed by atoms with Gasteiger partial charge in [-0.15, -0.1) is 0 Å². The fraction of sp³-hybridized carbons (Fsp3) is 0.333. The van der Waals surface area contributed by atoms with Gasteiger partial charge in [0.1, 0.15) is 17.4 Å². The summed E-state index contributed by atoms with van der Waals surface area (Å²) in [5, 5.41) is 0. The van der Waals surface area contributed by atoms with Crippen LogP contribution < -0.4 is 4.74 Å². The SMILES string of the molecule is CS(=O)(=O)c1ccc(OCCCN2CCC(C(c3ccc(F)cc3)c3ccc(F)cc3)CC23OC(=O)C(=O)O3)cc1. The van der Waals surface area contributed by atoms with Crippen LogP contribution in [0.1, 0.15) is 36.3 Å². The second-order valence-corrected chi connectivity index (χ2v) is 12.3. The molecule has 1 spiro atoms. The maximum atomic E-state index is 13.7. The molecular formula is C30H29F2NO7S. The fourth-order valence-electron chi connectivity index (χ4n) is 5.53. The number of sulfone groups is 1. The van der Waals surface area contributed by atoms with Crippen LogP contribution in [0, 0.1) is 17.6 Å². The van der Waals surface area contributed by atoms with Crippen molar-refractivity contribution in [3.8, 4) is 5.75 Å². The summed E-state index contributed by atoms with van der Waals surface area (Å²) >= 11 is 0. The summed E-state index contributed by atoms with van der Waals surface area (Å²) in [6.45, 7) is 1.09. The van der Waals surface area contributed by atoms with Crippen molar-refractivity contribution >= 4 is 21.8 Å². The first-order valence-electron chi connectivity index (χ1n) is 13.2. The van der Waals surface area contributed by atoms with E-state index in [4.69, 9.17) is 14.2 Å². The van der Waals surface area contributed by atoms with Gasteiger partial charge in [-0.2, -0.15) is 0 Å². The summed E-state index contributed by atoms with van der Waals surface area (Å²) < 4.78 is 67.7. The van der Waals surface area contributed by atoms with Crippen LogP contribution in [0.4, 0.5) is 8.78 Å². The topological polar surface area (TPSA) is 99.2 Å². The lowest BCUT2D eigenvalue weighted by Crippen LogP contribution is -2.56. The molecule has 0 aromatic heterocycles. The summed E-state index contributed by atoms with van der Waals surface area (Å²) in [7, 11) is -3.31. The molecule has 2 aliphatic rings. The number of nitrogens with zero attached hydrogens (tertiary/aromatic N) is 1. The smallest absolute Gasteiger partial charge is 0.421 e. The predicted octanol–water partition coefficient (Wildman–Crippen LogP) is 4.44.